The second-order valence-electron chi connectivity index (χ2n) is 3.34. The predicted octanol–water partition coefficient (Wildman–Crippen LogP) is 0.640. The molecule has 0 saturated carbocycles. The van der Waals surface area contributed by atoms with E-state index in [9.17, 15) is 19.2 Å². The first-order valence-electron chi connectivity index (χ1n) is 5.40. The molecule has 0 amide bonds. The monoisotopic (exact) mass is 278 g/mol. The molecule has 0 rings (SSSR count). The Morgan fingerprint density at radius 3 is 2.06 bits per heavy atom. The first kappa shape index (κ1) is 16.6. The molecule has 0 radical (unpaired) electrons. The maximum Gasteiger partial charge on any atom is 0.313 e. The normalized spacial score (nSPS) is 9.67. The highest BCUT2D eigenvalue weighted by Crippen LogP contribution is 1.97. The number of carbonyl (C=O) groups is 4. The molecule has 0 atom stereocenters. The molecule has 0 bridgehead atoms. The minimum Gasteiger partial charge on any atom is -0.466 e. The van der Waals surface area contributed by atoms with Crippen molar-refractivity contribution < 1.29 is 28.7 Å². The van der Waals surface area contributed by atoms with Crippen molar-refractivity contribution in [1.82, 2.24) is 0 Å². The lowest BCUT2D eigenvalue weighted by Crippen LogP contribution is -2.16. The summed E-state index contributed by atoms with van der Waals surface area (Å²) in [5, 5.41) is 0. The van der Waals surface area contributed by atoms with E-state index in [1.807, 2.05) is 0 Å². The lowest BCUT2D eigenvalue weighted by atomic mass is 10.2. The average Bonchev–Trinajstić information content (AvgIpc) is 2.28. The molecule has 0 aliphatic rings. The maximum atomic E-state index is 11.2. The molecule has 0 aromatic rings. The van der Waals surface area contributed by atoms with Crippen LogP contribution in [0.2, 0.25) is 0 Å². The van der Waals surface area contributed by atoms with Gasteiger partial charge in [-0.1, -0.05) is 0 Å². The van der Waals surface area contributed by atoms with Gasteiger partial charge in [0, 0.05) is 6.42 Å². The van der Waals surface area contributed by atoms with Gasteiger partial charge in [0.2, 0.25) is 0 Å². The van der Waals surface area contributed by atoms with Gasteiger partial charge >= 0.3 is 11.9 Å². The summed E-state index contributed by atoms with van der Waals surface area (Å²) in [6.45, 7) is 1.69. The van der Waals surface area contributed by atoms with Crippen molar-refractivity contribution >= 4 is 35.1 Å². The smallest absolute Gasteiger partial charge is 0.313 e. The molecule has 0 N–H and O–H groups in total. The lowest BCUT2D eigenvalue weighted by molar-refractivity contribution is -0.146. The van der Waals surface area contributed by atoms with Crippen LogP contribution in [0.25, 0.3) is 0 Å². The van der Waals surface area contributed by atoms with Crippen LogP contribution in [0.3, 0.4) is 0 Å². The Labute approximate surface area is 110 Å². The van der Waals surface area contributed by atoms with Gasteiger partial charge in [-0.2, -0.15) is 0 Å². The summed E-state index contributed by atoms with van der Waals surface area (Å²) in [5.74, 6) is -2.42. The summed E-state index contributed by atoms with van der Waals surface area (Å²) in [6, 6.07) is 0. The number of hydrogen-bond donors (Lipinski definition) is 0. The lowest BCUT2D eigenvalue weighted by Gasteiger charge is -2.03. The molecule has 0 aliphatic heterocycles. The van der Waals surface area contributed by atoms with Gasteiger partial charge in [-0.3, -0.25) is 19.2 Å². The Bertz CT molecular complexity index is 325. The van der Waals surface area contributed by atoms with Crippen LogP contribution in [0.1, 0.15) is 26.2 Å². The Morgan fingerprint density at radius 1 is 0.944 bits per heavy atom. The van der Waals surface area contributed by atoms with Crippen LogP contribution in [-0.2, 0) is 28.7 Å². The SMILES string of the molecule is CCOC(=O)CC(=O)CCOC(=O)CC(=O)CCl. The summed E-state index contributed by atoms with van der Waals surface area (Å²) in [5.41, 5.74) is 0. The molecule has 7 heteroatoms. The Hall–Kier alpha value is -1.43. The van der Waals surface area contributed by atoms with Crippen molar-refractivity contribution in [1.29, 1.82) is 0 Å². The van der Waals surface area contributed by atoms with Gasteiger partial charge in [0.1, 0.15) is 18.6 Å². The van der Waals surface area contributed by atoms with Crippen molar-refractivity contribution in [2.45, 2.75) is 26.2 Å². The fraction of sp³-hybridized carbons (Fsp3) is 0.636. The third kappa shape index (κ3) is 8.69. The molecule has 0 aliphatic carbocycles. The van der Waals surface area contributed by atoms with E-state index in [2.05, 4.69) is 9.47 Å². The minimum absolute atomic E-state index is 0.0837. The Morgan fingerprint density at radius 2 is 1.50 bits per heavy atom. The summed E-state index contributed by atoms with van der Waals surface area (Å²) in [6.07, 6.45) is -0.832. The van der Waals surface area contributed by atoms with E-state index < -0.39 is 24.1 Å². The van der Waals surface area contributed by atoms with Crippen molar-refractivity contribution in [2.75, 3.05) is 19.1 Å². The van der Waals surface area contributed by atoms with E-state index in [1.165, 1.54) is 0 Å². The highest BCUT2D eigenvalue weighted by Gasteiger charge is 2.13. The third-order valence-corrected chi connectivity index (χ3v) is 2.08. The van der Waals surface area contributed by atoms with Gasteiger partial charge in [0.05, 0.1) is 19.1 Å². The van der Waals surface area contributed by atoms with Gasteiger partial charge in [-0.15, -0.1) is 11.6 Å². The van der Waals surface area contributed by atoms with Crippen molar-refractivity contribution in [3.05, 3.63) is 0 Å². The molecule has 0 fully saturated rings. The number of rotatable bonds is 9. The second-order valence-corrected chi connectivity index (χ2v) is 3.61. The molecule has 0 heterocycles. The first-order chi connectivity index (χ1) is 8.49. The van der Waals surface area contributed by atoms with E-state index >= 15 is 0 Å². The van der Waals surface area contributed by atoms with E-state index in [0.717, 1.165) is 0 Å². The number of Topliss-reactive ketones (excluding diaryl/α,β-unsaturated/α-hetero) is 2. The minimum atomic E-state index is -0.732. The topological polar surface area (TPSA) is 86.7 Å². The summed E-state index contributed by atoms with van der Waals surface area (Å²) < 4.78 is 9.22. The van der Waals surface area contributed by atoms with E-state index in [0.29, 0.717) is 0 Å². The van der Waals surface area contributed by atoms with Crippen molar-refractivity contribution in [2.24, 2.45) is 0 Å². The standard InChI is InChI=1S/C11H15ClO6/c1-2-17-10(15)5-8(13)3-4-18-11(16)6-9(14)7-12/h2-7H2,1H3. The highest BCUT2D eigenvalue weighted by atomic mass is 35.5. The maximum absolute atomic E-state index is 11.2. The second kappa shape index (κ2) is 9.58. The van der Waals surface area contributed by atoms with Gasteiger partial charge in [0.25, 0.3) is 0 Å². The molecule has 18 heavy (non-hydrogen) atoms. The number of halogens is 1. The zero-order valence-electron chi connectivity index (χ0n) is 10.1. The van der Waals surface area contributed by atoms with Crippen LogP contribution < -0.4 is 0 Å². The number of ether oxygens (including phenoxy) is 2. The fourth-order valence-corrected chi connectivity index (χ4v) is 1.09. The van der Waals surface area contributed by atoms with Crippen LogP contribution in [0, 0.1) is 0 Å². The van der Waals surface area contributed by atoms with Crippen LogP contribution in [0.4, 0.5) is 0 Å². The van der Waals surface area contributed by atoms with E-state index in [1.54, 1.807) is 6.92 Å². The molecule has 0 aromatic carbocycles. The first-order valence-corrected chi connectivity index (χ1v) is 5.93. The Kier molecular flexibility index (Phi) is 8.82. The van der Waals surface area contributed by atoms with Crippen LogP contribution in [0.5, 0.6) is 0 Å². The molecular weight excluding hydrogens is 264 g/mol. The average molecular weight is 279 g/mol. The van der Waals surface area contributed by atoms with E-state index in [4.69, 9.17) is 11.6 Å². The zero-order chi connectivity index (χ0) is 14.0. The van der Waals surface area contributed by atoms with Crippen LogP contribution in [-0.4, -0.2) is 42.6 Å². The van der Waals surface area contributed by atoms with Crippen LogP contribution >= 0.6 is 11.6 Å². The molecule has 0 spiro atoms. The molecule has 0 unspecified atom stereocenters. The molecule has 0 aromatic heterocycles. The predicted molar refractivity (Wildman–Crippen MR) is 62.2 cm³/mol. The van der Waals surface area contributed by atoms with E-state index in [-0.39, 0.29) is 37.7 Å². The van der Waals surface area contributed by atoms with Gasteiger partial charge in [-0.25, -0.2) is 0 Å². The highest BCUT2D eigenvalue weighted by molar-refractivity contribution is 6.28. The van der Waals surface area contributed by atoms with Gasteiger partial charge in [0.15, 0.2) is 5.78 Å². The largest absolute Gasteiger partial charge is 0.466 e. The molecule has 0 saturated heterocycles. The number of ketones is 2. The van der Waals surface area contributed by atoms with Crippen LogP contribution in [0.15, 0.2) is 0 Å². The molecule has 6 nitrogen and oxygen atoms in total. The summed E-state index contributed by atoms with van der Waals surface area (Å²) in [7, 11) is 0. The molecular formula is C11H15ClO6. The fourth-order valence-electron chi connectivity index (χ4n) is 0.999. The Balaban J connectivity index is 3.71. The van der Waals surface area contributed by atoms with Gasteiger partial charge in [-0.05, 0) is 6.92 Å². The zero-order valence-corrected chi connectivity index (χ0v) is 10.8. The summed E-state index contributed by atoms with van der Waals surface area (Å²) >= 11 is 5.20. The number of hydrogen-bond acceptors (Lipinski definition) is 6. The quantitative estimate of drug-likeness (QED) is 0.349. The number of carbonyl (C=O) groups excluding carboxylic acids is 4. The number of esters is 2. The third-order valence-electron chi connectivity index (χ3n) is 1.78. The van der Waals surface area contributed by atoms with Crippen molar-refractivity contribution in [3.8, 4) is 0 Å². The van der Waals surface area contributed by atoms with Gasteiger partial charge < -0.3 is 9.47 Å². The number of alkyl halides is 1. The van der Waals surface area contributed by atoms with Crippen molar-refractivity contribution in [3.63, 3.8) is 0 Å². The molecule has 102 valence electrons. The summed E-state index contributed by atoms with van der Waals surface area (Å²) in [4.78, 5) is 43.9.